The zero-order valence-electron chi connectivity index (χ0n) is 20.2. The van der Waals surface area contributed by atoms with Gasteiger partial charge in [-0.25, -0.2) is 0 Å². The molecule has 5 rings (SSSR count). The van der Waals surface area contributed by atoms with Gasteiger partial charge in [-0.05, 0) is 111 Å². The van der Waals surface area contributed by atoms with Gasteiger partial charge in [-0.1, -0.05) is 6.92 Å². The molecule has 1 N–H and O–H groups in total. The molecule has 0 bridgehead atoms. The van der Waals surface area contributed by atoms with Crippen LogP contribution in [0.25, 0.3) is 0 Å². The Hall–Kier alpha value is -1.34. The Morgan fingerprint density at radius 1 is 1.12 bits per heavy atom. The molecule has 4 fully saturated rings. The molecule has 0 unspecified atom stereocenters. The maximum atomic E-state index is 13.3. The molecule has 0 aliphatic heterocycles. The number of carbonyl (C=O) groups is 1. The minimum Gasteiger partial charge on any atom is -0.390 e. The molecule has 0 radical (unpaired) electrons. The van der Waals surface area contributed by atoms with Crippen molar-refractivity contribution in [3.8, 4) is 0 Å². The zero-order chi connectivity index (χ0) is 22.7. The van der Waals surface area contributed by atoms with E-state index in [1.165, 1.54) is 24.1 Å². The van der Waals surface area contributed by atoms with Crippen molar-refractivity contribution in [3.63, 3.8) is 0 Å². The summed E-state index contributed by atoms with van der Waals surface area (Å²) in [5.41, 5.74) is -0.253. The highest BCUT2D eigenvalue weighted by Gasteiger charge is 2.63. The minimum atomic E-state index is -0.531. The Bertz CT molecular complexity index is 869. The highest BCUT2D eigenvalue weighted by Crippen LogP contribution is 2.68. The second kappa shape index (κ2) is 7.86. The highest BCUT2D eigenvalue weighted by molar-refractivity contribution is 5.81. The number of hydrogen-bond donors (Lipinski definition) is 1. The predicted octanol–water partition coefficient (Wildman–Crippen LogP) is 3.59. The number of rotatable bonds is 5. The molecule has 7 heteroatoms. The van der Waals surface area contributed by atoms with Gasteiger partial charge < -0.3 is 9.84 Å². The van der Waals surface area contributed by atoms with E-state index in [0.717, 1.165) is 45.1 Å². The number of aryl methyl sites for hydroxylation is 1. The van der Waals surface area contributed by atoms with Crippen LogP contribution in [0.5, 0.6) is 0 Å². The smallest absolute Gasteiger partial charge is 0.171 e. The van der Waals surface area contributed by atoms with E-state index >= 15 is 0 Å². The van der Waals surface area contributed by atoms with Gasteiger partial charge in [0.15, 0.2) is 11.6 Å². The molecule has 1 heterocycles. The Labute approximate surface area is 191 Å². The van der Waals surface area contributed by atoms with Gasteiger partial charge in [0.25, 0.3) is 0 Å². The number of hydrogen-bond acceptors (Lipinski definition) is 6. The first-order valence-electron chi connectivity index (χ1n) is 12.7. The Morgan fingerprint density at radius 2 is 1.94 bits per heavy atom. The molecule has 0 spiro atoms. The van der Waals surface area contributed by atoms with Gasteiger partial charge in [-0.3, -0.25) is 4.79 Å². The summed E-state index contributed by atoms with van der Waals surface area (Å²) in [5.74, 6) is 3.48. The van der Waals surface area contributed by atoms with Crippen LogP contribution in [0.1, 0.15) is 77.5 Å². The number of aliphatic hydroxyl groups is 1. The number of aromatic nitrogens is 4. The largest absolute Gasteiger partial charge is 0.390 e. The predicted molar refractivity (Wildman–Crippen MR) is 120 cm³/mol. The molecule has 0 amide bonds. The second-order valence-electron chi connectivity index (χ2n) is 12.0. The molecule has 4 saturated carbocycles. The SMILES string of the molecule is COC[C@]12CC[C@@](C)(O)C[C@H]1CC[C@H]1[C@@H]3CC[C@H](C(=O)Cn4nnc(C)n4)[C@@]3(C)CC[C@@H]12. The van der Waals surface area contributed by atoms with Crippen molar-refractivity contribution in [1.82, 2.24) is 20.2 Å². The van der Waals surface area contributed by atoms with Crippen LogP contribution in [0.4, 0.5) is 0 Å². The quantitative estimate of drug-likeness (QED) is 0.746. The van der Waals surface area contributed by atoms with Gasteiger partial charge in [0, 0.05) is 13.0 Å². The Balaban J connectivity index is 1.37. The van der Waals surface area contributed by atoms with Gasteiger partial charge in [0.05, 0.1) is 12.2 Å². The van der Waals surface area contributed by atoms with Crippen LogP contribution in [0.15, 0.2) is 0 Å². The monoisotopic (exact) mass is 444 g/mol. The van der Waals surface area contributed by atoms with Crippen molar-refractivity contribution in [2.45, 2.75) is 90.7 Å². The highest BCUT2D eigenvalue weighted by atomic mass is 16.5. The molecule has 4 aliphatic rings. The van der Waals surface area contributed by atoms with Crippen LogP contribution >= 0.6 is 0 Å². The lowest BCUT2D eigenvalue weighted by molar-refractivity contribution is -0.175. The first kappa shape index (κ1) is 22.5. The lowest BCUT2D eigenvalue weighted by Crippen LogP contribution is -2.58. The number of methoxy groups -OCH3 is 1. The molecular weight excluding hydrogens is 404 g/mol. The van der Waals surface area contributed by atoms with Crippen LogP contribution in [-0.2, 0) is 16.1 Å². The average Bonchev–Trinajstić information content (AvgIpc) is 3.30. The number of Topliss-reactive ketones (excluding diaryl/α,β-unsaturated/α-hetero) is 1. The third kappa shape index (κ3) is 3.46. The summed E-state index contributed by atoms with van der Waals surface area (Å²) in [4.78, 5) is 14.8. The van der Waals surface area contributed by atoms with Crippen LogP contribution < -0.4 is 0 Å². The molecular formula is C25H40N4O3. The van der Waals surface area contributed by atoms with E-state index in [0.29, 0.717) is 29.5 Å². The van der Waals surface area contributed by atoms with E-state index in [9.17, 15) is 9.90 Å². The normalized spacial score (nSPS) is 45.7. The fourth-order valence-corrected chi connectivity index (χ4v) is 8.95. The number of ketones is 1. The first-order valence-corrected chi connectivity index (χ1v) is 12.7. The van der Waals surface area contributed by atoms with Crippen molar-refractivity contribution in [3.05, 3.63) is 5.82 Å². The number of tetrazole rings is 1. The standard InChI is InChI=1S/C25H40N4O3/c1-16-26-28-29(27-16)14-22(30)21-8-7-19-18-6-5-17-13-23(2,31)11-12-25(17,15-32-4)20(18)9-10-24(19,21)3/h17-21,31H,5-15H2,1-4H3/t17-,18+,19+,20+,21-,23-,24+,25-/m1/s1. The van der Waals surface area contributed by atoms with Crippen LogP contribution in [-0.4, -0.2) is 50.4 Å². The Kier molecular flexibility index (Phi) is 5.52. The maximum absolute atomic E-state index is 13.3. The fourth-order valence-electron chi connectivity index (χ4n) is 8.95. The molecule has 32 heavy (non-hydrogen) atoms. The second-order valence-corrected chi connectivity index (χ2v) is 12.0. The number of nitrogens with zero attached hydrogens (tertiary/aromatic N) is 4. The van der Waals surface area contributed by atoms with Crippen molar-refractivity contribution in [2.75, 3.05) is 13.7 Å². The van der Waals surface area contributed by atoms with E-state index in [-0.39, 0.29) is 29.1 Å². The summed E-state index contributed by atoms with van der Waals surface area (Å²) >= 11 is 0. The maximum Gasteiger partial charge on any atom is 0.171 e. The number of ether oxygens (including phenoxy) is 1. The molecule has 1 aromatic heterocycles. The third-order valence-electron chi connectivity index (χ3n) is 10.3. The third-order valence-corrected chi connectivity index (χ3v) is 10.3. The summed E-state index contributed by atoms with van der Waals surface area (Å²) in [7, 11) is 1.85. The molecule has 1 aromatic rings. The summed E-state index contributed by atoms with van der Waals surface area (Å²) in [6.45, 7) is 7.28. The fraction of sp³-hybridized carbons (Fsp3) is 0.920. The number of fused-ring (bicyclic) bond motifs is 5. The van der Waals surface area contributed by atoms with E-state index in [2.05, 4.69) is 22.3 Å². The first-order chi connectivity index (χ1) is 15.2. The summed E-state index contributed by atoms with van der Waals surface area (Å²) in [6.07, 6.45) is 9.74. The molecule has 4 aliphatic carbocycles. The Morgan fingerprint density at radius 3 is 2.66 bits per heavy atom. The molecule has 0 saturated heterocycles. The van der Waals surface area contributed by atoms with E-state index in [4.69, 9.17) is 4.74 Å². The van der Waals surface area contributed by atoms with Crippen LogP contribution in [0.2, 0.25) is 0 Å². The van der Waals surface area contributed by atoms with Gasteiger partial charge in [-0.15, -0.1) is 10.2 Å². The topological polar surface area (TPSA) is 90.1 Å². The summed E-state index contributed by atoms with van der Waals surface area (Å²) in [5, 5.41) is 23.0. The molecule has 7 nitrogen and oxygen atoms in total. The van der Waals surface area contributed by atoms with E-state index in [1.807, 2.05) is 14.0 Å². The number of carbonyl (C=O) groups excluding carboxylic acids is 1. The zero-order valence-corrected chi connectivity index (χ0v) is 20.2. The van der Waals surface area contributed by atoms with Crippen molar-refractivity contribution in [1.29, 1.82) is 0 Å². The van der Waals surface area contributed by atoms with Crippen molar-refractivity contribution in [2.24, 2.45) is 40.4 Å². The van der Waals surface area contributed by atoms with E-state index < -0.39 is 5.60 Å². The van der Waals surface area contributed by atoms with Gasteiger partial charge >= 0.3 is 0 Å². The van der Waals surface area contributed by atoms with Crippen molar-refractivity contribution >= 4 is 5.78 Å². The van der Waals surface area contributed by atoms with E-state index in [1.54, 1.807) is 6.92 Å². The molecule has 0 aromatic carbocycles. The lowest BCUT2D eigenvalue weighted by Gasteiger charge is -2.62. The minimum absolute atomic E-state index is 0.0785. The van der Waals surface area contributed by atoms with Crippen LogP contribution in [0.3, 0.4) is 0 Å². The van der Waals surface area contributed by atoms with Gasteiger partial charge in [0.2, 0.25) is 0 Å². The summed E-state index contributed by atoms with van der Waals surface area (Å²) in [6, 6.07) is 0. The summed E-state index contributed by atoms with van der Waals surface area (Å²) < 4.78 is 5.86. The lowest BCUT2D eigenvalue weighted by atomic mass is 9.43. The molecule has 178 valence electrons. The van der Waals surface area contributed by atoms with Gasteiger partial charge in [0.1, 0.15) is 6.54 Å². The van der Waals surface area contributed by atoms with Crippen molar-refractivity contribution < 1.29 is 14.6 Å². The average molecular weight is 445 g/mol. The van der Waals surface area contributed by atoms with Gasteiger partial charge in [-0.2, -0.15) is 4.80 Å². The van der Waals surface area contributed by atoms with Crippen LogP contribution in [0, 0.1) is 47.3 Å². The molecule has 8 atom stereocenters.